The molecule has 0 aliphatic heterocycles. The molecule has 0 aliphatic rings. The molecule has 0 saturated heterocycles. The Kier molecular flexibility index (Phi) is 4.57. The van der Waals surface area contributed by atoms with Crippen molar-refractivity contribution in [3.63, 3.8) is 0 Å². The maximum atomic E-state index is 11.9. The van der Waals surface area contributed by atoms with Crippen LogP contribution in [0, 0.1) is 18.3 Å². The number of aromatic amines is 1. The zero-order valence-corrected chi connectivity index (χ0v) is 14.0. The quantitative estimate of drug-likeness (QED) is 0.796. The van der Waals surface area contributed by atoms with Crippen LogP contribution in [0.25, 0.3) is 11.6 Å². The van der Waals surface area contributed by atoms with Gasteiger partial charge in [0.15, 0.2) is 0 Å². The van der Waals surface area contributed by atoms with Crippen molar-refractivity contribution in [2.45, 2.75) is 20.4 Å². The number of nitriles is 1. The zero-order valence-electron chi connectivity index (χ0n) is 14.0. The average molecular weight is 331 g/mol. The van der Waals surface area contributed by atoms with Crippen LogP contribution in [0.5, 0.6) is 0 Å². The van der Waals surface area contributed by atoms with Crippen molar-refractivity contribution in [3.8, 4) is 6.07 Å². The van der Waals surface area contributed by atoms with Gasteiger partial charge in [0, 0.05) is 11.8 Å². The first-order chi connectivity index (χ1) is 12.1. The van der Waals surface area contributed by atoms with E-state index in [4.69, 9.17) is 5.26 Å². The number of hydrogen-bond acceptors (Lipinski definition) is 4. The van der Waals surface area contributed by atoms with Gasteiger partial charge in [0.2, 0.25) is 0 Å². The maximum absolute atomic E-state index is 11.9. The molecule has 6 heteroatoms. The van der Waals surface area contributed by atoms with E-state index < -0.39 is 5.56 Å². The molecule has 0 amide bonds. The maximum Gasteiger partial charge on any atom is 0.269 e. The van der Waals surface area contributed by atoms with Crippen LogP contribution in [-0.4, -0.2) is 19.7 Å². The second-order valence-electron chi connectivity index (χ2n) is 5.77. The standard InChI is InChI=1S/C19H17N5O/c1-13(18-22-14(2)17(9-20)19(25)23-18)8-16-10-21-24(12-16)11-15-6-4-3-5-7-15/h3-8,10,12H,11H2,1-2H3,(H,22,23,25)/b13-8-. The van der Waals surface area contributed by atoms with Gasteiger partial charge < -0.3 is 4.98 Å². The van der Waals surface area contributed by atoms with Gasteiger partial charge in [-0.1, -0.05) is 30.3 Å². The van der Waals surface area contributed by atoms with Crippen molar-refractivity contribution in [3.05, 3.63) is 81.3 Å². The van der Waals surface area contributed by atoms with Crippen molar-refractivity contribution in [2.75, 3.05) is 0 Å². The Bertz CT molecular complexity index is 1020. The minimum absolute atomic E-state index is 0.0484. The largest absolute Gasteiger partial charge is 0.306 e. The van der Waals surface area contributed by atoms with Gasteiger partial charge in [0.05, 0.1) is 18.4 Å². The third-order valence-corrected chi connectivity index (χ3v) is 3.81. The van der Waals surface area contributed by atoms with E-state index in [2.05, 4.69) is 27.2 Å². The molecule has 0 radical (unpaired) electrons. The minimum atomic E-state index is -0.419. The van der Waals surface area contributed by atoms with Gasteiger partial charge in [-0.05, 0) is 31.1 Å². The zero-order chi connectivity index (χ0) is 17.8. The Morgan fingerprint density at radius 2 is 2.12 bits per heavy atom. The van der Waals surface area contributed by atoms with Crippen LogP contribution in [0.3, 0.4) is 0 Å². The summed E-state index contributed by atoms with van der Waals surface area (Å²) in [4.78, 5) is 18.8. The Hall–Kier alpha value is -3.46. The number of aryl methyl sites for hydroxylation is 1. The number of rotatable bonds is 4. The number of hydrogen-bond donors (Lipinski definition) is 1. The molecular weight excluding hydrogens is 314 g/mol. The number of H-pyrrole nitrogens is 1. The molecular formula is C19H17N5O. The third-order valence-electron chi connectivity index (χ3n) is 3.81. The monoisotopic (exact) mass is 331 g/mol. The number of allylic oxidation sites excluding steroid dienone is 1. The average Bonchev–Trinajstić information content (AvgIpc) is 3.02. The number of nitrogens with one attached hydrogen (secondary N) is 1. The summed E-state index contributed by atoms with van der Waals surface area (Å²) >= 11 is 0. The molecule has 1 aromatic carbocycles. The fourth-order valence-corrected chi connectivity index (χ4v) is 2.53. The first-order valence-electron chi connectivity index (χ1n) is 7.83. The molecule has 2 heterocycles. The second kappa shape index (κ2) is 6.97. The van der Waals surface area contributed by atoms with Crippen molar-refractivity contribution in [1.29, 1.82) is 5.26 Å². The molecule has 124 valence electrons. The van der Waals surface area contributed by atoms with E-state index in [1.807, 2.05) is 48.1 Å². The summed E-state index contributed by atoms with van der Waals surface area (Å²) in [5.74, 6) is 0.456. The molecule has 0 fully saturated rings. The summed E-state index contributed by atoms with van der Waals surface area (Å²) in [5, 5.41) is 13.3. The van der Waals surface area contributed by atoms with Gasteiger partial charge in [-0.25, -0.2) is 4.98 Å². The van der Waals surface area contributed by atoms with Crippen LogP contribution in [-0.2, 0) is 6.54 Å². The van der Waals surface area contributed by atoms with E-state index in [9.17, 15) is 4.79 Å². The van der Waals surface area contributed by atoms with Crippen LogP contribution < -0.4 is 5.56 Å². The van der Waals surface area contributed by atoms with Gasteiger partial charge in [0.1, 0.15) is 17.5 Å². The van der Waals surface area contributed by atoms with Crippen LogP contribution in [0.1, 0.15) is 35.1 Å². The Morgan fingerprint density at radius 1 is 1.36 bits per heavy atom. The normalized spacial score (nSPS) is 11.3. The molecule has 0 aliphatic carbocycles. The molecule has 0 bridgehead atoms. The molecule has 3 rings (SSSR count). The highest BCUT2D eigenvalue weighted by Gasteiger charge is 2.08. The van der Waals surface area contributed by atoms with E-state index in [1.54, 1.807) is 13.1 Å². The second-order valence-corrected chi connectivity index (χ2v) is 5.77. The summed E-state index contributed by atoms with van der Waals surface area (Å²) in [6.45, 7) is 4.21. The Morgan fingerprint density at radius 3 is 2.80 bits per heavy atom. The van der Waals surface area contributed by atoms with Gasteiger partial charge in [-0.3, -0.25) is 9.48 Å². The molecule has 1 N–H and O–H groups in total. The van der Waals surface area contributed by atoms with Crippen molar-refractivity contribution < 1.29 is 0 Å². The first kappa shape index (κ1) is 16.4. The highest BCUT2D eigenvalue weighted by molar-refractivity contribution is 5.76. The van der Waals surface area contributed by atoms with E-state index in [0.717, 1.165) is 11.1 Å². The van der Waals surface area contributed by atoms with Gasteiger partial charge in [0.25, 0.3) is 5.56 Å². The molecule has 0 saturated carbocycles. The lowest BCUT2D eigenvalue weighted by Crippen LogP contribution is -2.16. The summed E-state index contributed by atoms with van der Waals surface area (Å²) in [6, 6.07) is 12.0. The molecule has 0 unspecified atom stereocenters. The molecule has 25 heavy (non-hydrogen) atoms. The van der Waals surface area contributed by atoms with Crippen LogP contribution in [0.2, 0.25) is 0 Å². The van der Waals surface area contributed by atoms with Gasteiger partial charge >= 0.3 is 0 Å². The molecule has 6 nitrogen and oxygen atoms in total. The SMILES string of the molecule is C/C(=C/c1cnn(Cc2ccccc2)c1)c1nc(C)c(C#N)c(=O)[nH]1. The summed E-state index contributed by atoms with van der Waals surface area (Å²) in [7, 11) is 0. The first-order valence-corrected chi connectivity index (χ1v) is 7.83. The van der Waals surface area contributed by atoms with Crippen LogP contribution in [0.4, 0.5) is 0 Å². The highest BCUT2D eigenvalue weighted by atomic mass is 16.1. The summed E-state index contributed by atoms with van der Waals surface area (Å²) in [6.07, 6.45) is 5.60. The Labute approximate surface area is 145 Å². The van der Waals surface area contributed by atoms with Crippen LogP contribution in [0.15, 0.2) is 47.5 Å². The molecule has 0 atom stereocenters. The van der Waals surface area contributed by atoms with E-state index in [1.165, 1.54) is 5.56 Å². The predicted octanol–water partition coefficient (Wildman–Crippen LogP) is 2.76. The third kappa shape index (κ3) is 3.72. The van der Waals surface area contributed by atoms with E-state index >= 15 is 0 Å². The lowest BCUT2D eigenvalue weighted by molar-refractivity contribution is 0.687. The molecule has 2 aromatic heterocycles. The smallest absolute Gasteiger partial charge is 0.269 e. The summed E-state index contributed by atoms with van der Waals surface area (Å²) < 4.78 is 1.86. The number of aromatic nitrogens is 4. The lowest BCUT2D eigenvalue weighted by Gasteiger charge is -2.03. The highest BCUT2D eigenvalue weighted by Crippen LogP contribution is 2.14. The van der Waals surface area contributed by atoms with Crippen molar-refractivity contribution in [2.24, 2.45) is 0 Å². The fourth-order valence-electron chi connectivity index (χ4n) is 2.53. The number of nitrogens with zero attached hydrogens (tertiary/aromatic N) is 4. The van der Waals surface area contributed by atoms with E-state index in [0.29, 0.717) is 18.1 Å². The van der Waals surface area contributed by atoms with Gasteiger partial charge in [-0.2, -0.15) is 10.4 Å². The predicted molar refractivity (Wildman–Crippen MR) is 95.6 cm³/mol. The fraction of sp³-hybridized carbons (Fsp3) is 0.158. The Balaban J connectivity index is 1.84. The number of benzene rings is 1. The summed E-state index contributed by atoms with van der Waals surface area (Å²) in [5.41, 5.74) is 2.94. The topological polar surface area (TPSA) is 87.4 Å². The minimum Gasteiger partial charge on any atom is -0.306 e. The van der Waals surface area contributed by atoms with Gasteiger partial charge in [-0.15, -0.1) is 0 Å². The van der Waals surface area contributed by atoms with Crippen LogP contribution >= 0.6 is 0 Å². The molecule has 3 aromatic rings. The molecule has 0 spiro atoms. The van der Waals surface area contributed by atoms with Crippen molar-refractivity contribution >= 4 is 11.6 Å². The van der Waals surface area contributed by atoms with E-state index in [-0.39, 0.29) is 5.56 Å². The lowest BCUT2D eigenvalue weighted by atomic mass is 10.2. The van der Waals surface area contributed by atoms with Crippen molar-refractivity contribution in [1.82, 2.24) is 19.7 Å².